The van der Waals surface area contributed by atoms with Crippen molar-refractivity contribution in [3.63, 3.8) is 0 Å². The lowest BCUT2D eigenvalue weighted by atomic mass is 9.86. The van der Waals surface area contributed by atoms with Crippen molar-refractivity contribution >= 4 is 20.2 Å². The molecular weight excluding hydrogens is 749 g/mol. The highest BCUT2D eigenvalue weighted by Gasteiger charge is 2.37. The molecule has 2 N–H and O–H groups in total. The largest absolute Gasteiger partial charge is 0.490 e. The van der Waals surface area contributed by atoms with Crippen molar-refractivity contribution in [1.29, 1.82) is 0 Å². The van der Waals surface area contributed by atoms with Crippen LogP contribution in [0.2, 0.25) is 0 Å². The Bertz CT molecular complexity index is 2330. The van der Waals surface area contributed by atoms with E-state index in [0.717, 1.165) is 59.3 Å². The molecule has 5 aliphatic heterocycles. The molecule has 0 unspecified atom stereocenters. The topological polar surface area (TPSA) is 161 Å². The van der Waals surface area contributed by atoms with Gasteiger partial charge in [-0.1, -0.05) is 18.2 Å². The number of nitrogens with zero attached hydrogens (tertiary/aromatic N) is 2. The first-order valence-electron chi connectivity index (χ1n) is 18.5. The number of hydrogen-bond acceptors (Lipinski definition) is 11. The van der Waals surface area contributed by atoms with Gasteiger partial charge in [0.25, 0.3) is 20.2 Å². The molecule has 4 aromatic rings. The maximum absolute atomic E-state index is 11.4. The molecule has 7 bridgehead atoms. The summed E-state index contributed by atoms with van der Waals surface area (Å²) in [5, 5.41) is 0. The third-order valence-corrected chi connectivity index (χ3v) is 12.4. The quantitative estimate of drug-likeness (QED) is 0.116. The van der Waals surface area contributed by atoms with Crippen LogP contribution in [0.3, 0.4) is 0 Å². The monoisotopic (exact) mass is 792 g/mol. The van der Waals surface area contributed by atoms with E-state index in [4.69, 9.17) is 23.7 Å². The fourth-order valence-electron chi connectivity index (χ4n) is 7.96. The maximum atomic E-state index is 11.4. The molecule has 13 nitrogen and oxygen atoms in total. The van der Waals surface area contributed by atoms with Gasteiger partial charge in [0.05, 0.1) is 24.7 Å². The number of rotatable bonds is 10. The van der Waals surface area contributed by atoms with Gasteiger partial charge in [-0.25, -0.2) is 0 Å². The SMILES string of the molecule is CN1CCc2cc3c4cc2[C@@H]1Cc1ccc(OCCCS(=O)(=O)O)c(c1)Oc1ccc(cc1)C[C@H]1c2c(cc(OCCCS(=O)(=O)O)c(c2O4)O3)CCN1C. The average molecular weight is 793 g/mol. The molecule has 0 saturated heterocycles. The first kappa shape index (κ1) is 37.5. The second kappa shape index (κ2) is 14.9. The van der Waals surface area contributed by atoms with Crippen LogP contribution >= 0.6 is 0 Å². The lowest BCUT2D eigenvalue weighted by Crippen LogP contribution is -2.34. The van der Waals surface area contributed by atoms with Crippen LogP contribution in [-0.2, 0) is 45.9 Å². The maximum Gasteiger partial charge on any atom is 0.264 e. The van der Waals surface area contributed by atoms with Crippen molar-refractivity contribution in [2.24, 2.45) is 0 Å². The molecule has 0 aromatic heterocycles. The van der Waals surface area contributed by atoms with Crippen LogP contribution in [-0.4, -0.2) is 87.6 Å². The van der Waals surface area contributed by atoms with Crippen LogP contribution < -0.4 is 23.7 Å². The number of hydrogen-bond donors (Lipinski definition) is 2. The van der Waals surface area contributed by atoms with Gasteiger partial charge in [-0.05, 0) is 123 Å². The summed E-state index contributed by atoms with van der Waals surface area (Å²) in [4.78, 5) is 4.64. The Morgan fingerprint density at radius 3 is 1.96 bits per heavy atom. The molecule has 55 heavy (non-hydrogen) atoms. The number of ether oxygens (including phenoxy) is 5. The Morgan fingerprint density at radius 2 is 1.25 bits per heavy atom. The predicted molar refractivity (Wildman–Crippen MR) is 205 cm³/mol. The van der Waals surface area contributed by atoms with E-state index in [-0.39, 0.29) is 38.1 Å². The zero-order chi connectivity index (χ0) is 38.5. The molecule has 15 heteroatoms. The summed E-state index contributed by atoms with van der Waals surface area (Å²) >= 11 is 0. The van der Waals surface area contributed by atoms with Crippen molar-refractivity contribution in [2.45, 2.75) is 50.6 Å². The van der Waals surface area contributed by atoms with Crippen LogP contribution in [0.15, 0.2) is 60.7 Å². The van der Waals surface area contributed by atoms with E-state index >= 15 is 0 Å². The van der Waals surface area contributed by atoms with Gasteiger partial charge in [0.15, 0.2) is 34.5 Å². The van der Waals surface area contributed by atoms with Crippen molar-refractivity contribution in [1.82, 2.24) is 9.80 Å². The molecule has 4 aromatic carbocycles. The normalized spacial score (nSPS) is 19.1. The second-order valence-corrected chi connectivity index (χ2v) is 17.9. The number of benzene rings is 4. The van der Waals surface area contributed by atoms with Crippen LogP contribution in [0.1, 0.15) is 58.3 Å². The van der Waals surface area contributed by atoms with E-state index in [9.17, 15) is 25.9 Å². The van der Waals surface area contributed by atoms with Gasteiger partial charge < -0.3 is 23.7 Å². The molecule has 292 valence electrons. The van der Waals surface area contributed by atoms with E-state index in [2.05, 4.69) is 36.0 Å². The molecule has 5 heterocycles. The molecular formula is C40H44N2O11S2. The fraction of sp³-hybridized carbons (Fsp3) is 0.400. The van der Waals surface area contributed by atoms with Crippen LogP contribution in [0.25, 0.3) is 0 Å². The Morgan fingerprint density at radius 1 is 0.655 bits per heavy atom. The molecule has 0 fully saturated rings. The highest BCUT2D eigenvalue weighted by Crippen LogP contribution is 2.57. The van der Waals surface area contributed by atoms with Crippen molar-refractivity contribution in [3.05, 3.63) is 94.0 Å². The standard InChI is InChI=1S/C40H44N2O11S2/c1-41-13-11-27-22-35-36-24-30(27)31(41)20-26-7-10-33(49-15-3-17-54(43,44)45)34(21-26)51-29-8-5-25(6-9-29)19-32-38-28(12-14-42(32)2)23-37(39(52-35)40(38)53-36)50-16-4-18-55(46,47)48/h5-10,21-24,31-32H,3-4,11-20H2,1-2H3,(H,43,44,45)(H,46,47,48)/t31-,32-/m0/s1. The lowest BCUT2D eigenvalue weighted by molar-refractivity contribution is 0.216. The molecule has 9 rings (SSSR count). The highest BCUT2D eigenvalue weighted by molar-refractivity contribution is 7.86. The summed E-state index contributed by atoms with van der Waals surface area (Å²) in [7, 11) is -4.01. The second-order valence-electron chi connectivity index (χ2n) is 14.7. The third kappa shape index (κ3) is 8.27. The van der Waals surface area contributed by atoms with Gasteiger partial charge in [-0.15, -0.1) is 0 Å². The van der Waals surface area contributed by atoms with E-state index in [1.165, 1.54) is 0 Å². The summed E-state index contributed by atoms with van der Waals surface area (Å²) in [5.74, 6) is 3.49. The van der Waals surface area contributed by atoms with Crippen molar-refractivity contribution < 1.29 is 49.6 Å². The van der Waals surface area contributed by atoms with Gasteiger partial charge in [0.2, 0.25) is 5.75 Å². The summed E-state index contributed by atoms with van der Waals surface area (Å²) < 4.78 is 96.1. The van der Waals surface area contributed by atoms with Gasteiger partial charge in [0, 0.05) is 30.7 Å². The minimum atomic E-state index is -4.12. The van der Waals surface area contributed by atoms with E-state index in [1.807, 2.05) is 48.5 Å². The van der Waals surface area contributed by atoms with Gasteiger partial charge in [-0.3, -0.25) is 18.9 Å². The van der Waals surface area contributed by atoms with Gasteiger partial charge in [-0.2, -0.15) is 16.8 Å². The van der Waals surface area contributed by atoms with Crippen LogP contribution in [0.4, 0.5) is 0 Å². The Labute approximate surface area is 321 Å². The predicted octanol–water partition coefficient (Wildman–Crippen LogP) is 6.55. The van der Waals surface area contributed by atoms with E-state index < -0.39 is 31.7 Å². The van der Waals surface area contributed by atoms with Gasteiger partial charge in [0.1, 0.15) is 5.75 Å². The highest BCUT2D eigenvalue weighted by atomic mass is 32.2. The van der Waals surface area contributed by atoms with Crippen molar-refractivity contribution in [2.75, 3.05) is 51.9 Å². The van der Waals surface area contributed by atoms with Crippen molar-refractivity contribution in [3.8, 4) is 46.0 Å². The smallest absolute Gasteiger partial charge is 0.264 e. The fourth-order valence-corrected chi connectivity index (χ4v) is 8.93. The molecule has 2 atom stereocenters. The summed E-state index contributed by atoms with van der Waals surface area (Å²) in [6, 6.07) is 19.8. The molecule has 0 aliphatic carbocycles. The molecule has 0 radical (unpaired) electrons. The van der Waals surface area contributed by atoms with E-state index in [1.54, 1.807) is 0 Å². The Balaban J connectivity index is 1.21. The minimum Gasteiger partial charge on any atom is -0.490 e. The molecule has 5 aliphatic rings. The molecule has 0 spiro atoms. The zero-order valence-corrected chi connectivity index (χ0v) is 32.3. The number of fused-ring (bicyclic) bond motifs is 2. The first-order valence-corrected chi connectivity index (χ1v) is 21.7. The summed E-state index contributed by atoms with van der Waals surface area (Å²) in [5.41, 5.74) is 6.43. The number of likely N-dealkylation sites (N-methyl/N-ethyl adjacent to an activating group) is 2. The summed E-state index contributed by atoms with van der Waals surface area (Å²) in [6.07, 6.45) is 3.11. The zero-order valence-electron chi connectivity index (χ0n) is 30.7. The average Bonchev–Trinajstić information content (AvgIpc) is 3.13. The van der Waals surface area contributed by atoms with E-state index in [0.29, 0.717) is 58.8 Å². The summed E-state index contributed by atoms with van der Waals surface area (Å²) in [6.45, 7) is 1.77. The third-order valence-electron chi connectivity index (χ3n) is 10.8. The minimum absolute atomic E-state index is 0.00291. The Hall–Kier alpha value is -4.38. The molecule has 0 amide bonds. The molecule has 0 saturated carbocycles. The Kier molecular flexibility index (Phi) is 10.2. The van der Waals surface area contributed by atoms with Gasteiger partial charge >= 0.3 is 0 Å². The van der Waals surface area contributed by atoms with Crippen LogP contribution in [0, 0.1) is 0 Å². The lowest BCUT2D eigenvalue weighted by Gasteiger charge is -2.39. The van der Waals surface area contributed by atoms with Crippen LogP contribution in [0.5, 0.6) is 46.0 Å². The first-order chi connectivity index (χ1) is 26.3.